The summed E-state index contributed by atoms with van der Waals surface area (Å²) in [6, 6.07) is 5.63. The molecule has 1 amide bonds. The molecule has 1 N–H and O–H groups in total. The van der Waals surface area contributed by atoms with Gasteiger partial charge in [-0.2, -0.15) is 10.4 Å². The van der Waals surface area contributed by atoms with Crippen LogP contribution in [-0.4, -0.2) is 74.6 Å². The van der Waals surface area contributed by atoms with E-state index in [2.05, 4.69) is 31.3 Å². The van der Waals surface area contributed by atoms with Gasteiger partial charge in [-0.15, -0.1) is 0 Å². The summed E-state index contributed by atoms with van der Waals surface area (Å²) in [6.45, 7) is 3.13. The number of hydrogen-bond donors (Lipinski definition) is 1. The molecule has 2 aliphatic heterocycles. The molecule has 2 fully saturated rings. The van der Waals surface area contributed by atoms with Crippen LogP contribution in [0.4, 0.5) is 5.95 Å². The number of rotatable bonds is 2. The topological polar surface area (TPSA) is 105 Å². The summed E-state index contributed by atoms with van der Waals surface area (Å²) in [7, 11) is 0. The number of nitrogens with zero attached hydrogens (tertiary/aromatic N) is 7. The Balaban J connectivity index is 1.41. The van der Waals surface area contributed by atoms with Gasteiger partial charge in [0.25, 0.3) is 0 Å². The second kappa shape index (κ2) is 6.58. The zero-order chi connectivity index (χ0) is 19.1. The smallest absolute Gasteiger partial charge is 0.248 e. The molecule has 1 unspecified atom stereocenters. The molecular formula is C19H18N8O. The highest BCUT2D eigenvalue weighted by Gasteiger charge is 2.39. The van der Waals surface area contributed by atoms with Crippen molar-refractivity contribution in [2.24, 2.45) is 0 Å². The predicted octanol–water partition coefficient (Wildman–Crippen LogP) is 0.834. The molecule has 0 bridgehead atoms. The molecule has 9 nitrogen and oxygen atoms in total. The van der Waals surface area contributed by atoms with E-state index in [4.69, 9.17) is 5.26 Å². The normalized spacial score (nSPS) is 20.2. The Bertz CT molecular complexity index is 1070. The number of hydrogen-bond acceptors (Lipinski definition) is 7. The highest BCUT2D eigenvalue weighted by Crippen LogP contribution is 2.27. The van der Waals surface area contributed by atoms with Gasteiger partial charge in [-0.1, -0.05) is 18.2 Å². The molecule has 1 aromatic carbocycles. The molecule has 3 aromatic rings. The maximum absolute atomic E-state index is 13.0. The number of anilines is 1. The Kier molecular flexibility index (Phi) is 3.91. The van der Waals surface area contributed by atoms with Gasteiger partial charge in [0.05, 0.1) is 18.3 Å². The van der Waals surface area contributed by atoms with Crippen molar-refractivity contribution in [3.05, 3.63) is 36.8 Å². The molecule has 28 heavy (non-hydrogen) atoms. The van der Waals surface area contributed by atoms with E-state index in [1.807, 2.05) is 18.2 Å². The molecule has 0 aliphatic carbocycles. The molecule has 0 radical (unpaired) electrons. The summed E-state index contributed by atoms with van der Waals surface area (Å²) < 4.78 is 0. The van der Waals surface area contributed by atoms with Gasteiger partial charge in [0.2, 0.25) is 11.9 Å². The van der Waals surface area contributed by atoms with Crippen molar-refractivity contribution in [1.82, 2.24) is 30.0 Å². The number of para-hydroxylation sites is 1. The summed E-state index contributed by atoms with van der Waals surface area (Å²) in [5, 5.41) is 17.3. The molecule has 5 rings (SSSR count). The lowest BCUT2D eigenvalue weighted by atomic mass is 10.1. The molecule has 2 aliphatic rings. The number of amides is 1. The zero-order valence-corrected chi connectivity index (χ0v) is 15.1. The molecule has 140 valence electrons. The van der Waals surface area contributed by atoms with Gasteiger partial charge in [0.15, 0.2) is 6.19 Å². The highest BCUT2D eigenvalue weighted by molar-refractivity contribution is 5.97. The number of piperazine rings is 2. The van der Waals surface area contributed by atoms with Crippen LogP contribution in [-0.2, 0) is 4.79 Å². The van der Waals surface area contributed by atoms with E-state index < -0.39 is 0 Å². The monoisotopic (exact) mass is 374 g/mol. The molecule has 4 heterocycles. The quantitative estimate of drug-likeness (QED) is 0.663. The van der Waals surface area contributed by atoms with Crippen LogP contribution in [0, 0.1) is 11.5 Å². The first-order chi connectivity index (χ1) is 13.7. The zero-order valence-electron chi connectivity index (χ0n) is 15.1. The molecular weight excluding hydrogens is 356 g/mol. The van der Waals surface area contributed by atoms with Crippen LogP contribution in [0.15, 0.2) is 36.8 Å². The summed E-state index contributed by atoms with van der Waals surface area (Å²) in [4.78, 5) is 27.3. The first-order valence-corrected chi connectivity index (χ1v) is 9.19. The Morgan fingerprint density at radius 2 is 1.93 bits per heavy atom. The van der Waals surface area contributed by atoms with Crippen LogP contribution in [0.5, 0.6) is 0 Å². The number of carbonyl (C=O) groups excluding carboxylic acids is 1. The van der Waals surface area contributed by atoms with Gasteiger partial charge in [-0.3, -0.25) is 19.7 Å². The molecule has 0 saturated carbocycles. The molecule has 1 atom stereocenters. The largest absolute Gasteiger partial charge is 0.307 e. The van der Waals surface area contributed by atoms with E-state index >= 15 is 0 Å². The second-order valence-electron chi connectivity index (χ2n) is 7.00. The first kappa shape index (κ1) is 16.6. The number of nitriles is 1. The maximum atomic E-state index is 13.0. The predicted molar refractivity (Wildman–Crippen MR) is 102 cm³/mol. The van der Waals surface area contributed by atoms with E-state index in [9.17, 15) is 4.79 Å². The second-order valence-corrected chi connectivity index (χ2v) is 7.00. The maximum Gasteiger partial charge on any atom is 0.248 e. The van der Waals surface area contributed by atoms with Gasteiger partial charge in [0, 0.05) is 55.1 Å². The number of aromatic nitrogens is 4. The minimum Gasteiger partial charge on any atom is -0.307 e. The third-order valence-electron chi connectivity index (χ3n) is 5.46. The van der Waals surface area contributed by atoms with Gasteiger partial charge >= 0.3 is 0 Å². The van der Waals surface area contributed by atoms with E-state index in [1.165, 1.54) is 0 Å². The van der Waals surface area contributed by atoms with Crippen LogP contribution >= 0.6 is 0 Å². The van der Waals surface area contributed by atoms with Gasteiger partial charge in [0.1, 0.15) is 6.04 Å². The molecule has 2 saturated heterocycles. The van der Waals surface area contributed by atoms with Crippen molar-refractivity contribution in [1.29, 1.82) is 5.26 Å². The third-order valence-corrected chi connectivity index (χ3v) is 5.46. The lowest BCUT2D eigenvalue weighted by Gasteiger charge is -2.44. The first-order valence-electron chi connectivity index (χ1n) is 9.19. The number of H-pyrrole nitrogens is 1. The van der Waals surface area contributed by atoms with Gasteiger partial charge in [-0.05, 0) is 0 Å². The van der Waals surface area contributed by atoms with Crippen molar-refractivity contribution >= 4 is 22.8 Å². The average molecular weight is 374 g/mol. The fourth-order valence-corrected chi connectivity index (χ4v) is 3.94. The minimum absolute atomic E-state index is 0.0466. The van der Waals surface area contributed by atoms with Crippen molar-refractivity contribution in [3.63, 3.8) is 0 Å². The summed E-state index contributed by atoms with van der Waals surface area (Å²) >= 11 is 0. The lowest BCUT2D eigenvalue weighted by Crippen LogP contribution is -2.64. The average Bonchev–Trinajstić information content (AvgIpc) is 3.23. The number of benzene rings is 1. The van der Waals surface area contributed by atoms with E-state index in [0.29, 0.717) is 25.6 Å². The van der Waals surface area contributed by atoms with Gasteiger partial charge < -0.3 is 4.90 Å². The standard InChI is InChI=1S/C19H18N8O/c20-12-25-4-5-26-6-7-27(18(28)16(26)11-25)19-21-8-14(9-22-19)15-3-1-2-13-10-23-24-17(13)15/h1-3,8-10,16H,4-7,11H2,(H,23,24). The van der Waals surface area contributed by atoms with E-state index in [1.54, 1.807) is 28.4 Å². The van der Waals surface area contributed by atoms with Gasteiger partial charge in [-0.25, -0.2) is 9.97 Å². The van der Waals surface area contributed by atoms with Crippen molar-refractivity contribution in [2.75, 3.05) is 37.6 Å². The highest BCUT2D eigenvalue weighted by atomic mass is 16.2. The molecule has 0 spiro atoms. The molecule has 2 aromatic heterocycles. The van der Waals surface area contributed by atoms with Crippen LogP contribution in [0.25, 0.3) is 22.0 Å². The lowest BCUT2D eigenvalue weighted by molar-refractivity contribution is -0.128. The summed E-state index contributed by atoms with van der Waals surface area (Å²) in [5.74, 6) is 0.355. The van der Waals surface area contributed by atoms with Crippen molar-refractivity contribution in [2.45, 2.75) is 6.04 Å². The Morgan fingerprint density at radius 1 is 1.11 bits per heavy atom. The number of fused-ring (bicyclic) bond motifs is 2. The van der Waals surface area contributed by atoms with E-state index in [0.717, 1.165) is 35.1 Å². The van der Waals surface area contributed by atoms with E-state index in [-0.39, 0.29) is 11.9 Å². The fraction of sp³-hybridized carbons (Fsp3) is 0.316. The Labute approximate surface area is 161 Å². The number of aromatic amines is 1. The minimum atomic E-state index is -0.316. The van der Waals surface area contributed by atoms with Crippen LogP contribution in [0.1, 0.15) is 0 Å². The Hall–Kier alpha value is -3.51. The van der Waals surface area contributed by atoms with Crippen LogP contribution in [0.2, 0.25) is 0 Å². The van der Waals surface area contributed by atoms with Crippen LogP contribution in [0.3, 0.4) is 0 Å². The van der Waals surface area contributed by atoms with Crippen molar-refractivity contribution in [3.8, 4) is 17.3 Å². The summed E-state index contributed by atoms with van der Waals surface area (Å²) in [6.07, 6.45) is 7.40. The SMILES string of the molecule is N#CN1CCN2CCN(c3ncc(-c4cccc5cn[nH]c45)cn3)C(=O)C2C1. The van der Waals surface area contributed by atoms with Crippen LogP contribution < -0.4 is 4.90 Å². The Morgan fingerprint density at radius 3 is 2.75 bits per heavy atom. The number of nitrogens with one attached hydrogen (secondary N) is 1. The number of carbonyl (C=O) groups is 1. The molecule has 9 heteroatoms. The summed E-state index contributed by atoms with van der Waals surface area (Å²) in [5.41, 5.74) is 2.76. The third kappa shape index (κ3) is 2.66. The van der Waals surface area contributed by atoms with Crippen molar-refractivity contribution < 1.29 is 4.79 Å². The fourth-order valence-electron chi connectivity index (χ4n) is 3.94.